The molecule has 1 unspecified atom stereocenters. The topological polar surface area (TPSA) is 18.5 Å². The van der Waals surface area contributed by atoms with Gasteiger partial charge in [0.2, 0.25) is 6.79 Å². The van der Waals surface area contributed by atoms with Crippen LogP contribution in [0, 0.1) is 0 Å². The van der Waals surface area contributed by atoms with Crippen LogP contribution >= 0.6 is 27.5 Å². The second-order valence-electron chi connectivity index (χ2n) is 3.14. The van der Waals surface area contributed by atoms with Gasteiger partial charge in [0.1, 0.15) is 4.83 Å². The highest BCUT2D eigenvalue weighted by molar-refractivity contribution is 9.09. The zero-order chi connectivity index (χ0) is 11.9. The van der Waals surface area contributed by atoms with Crippen molar-refractivity contribution >= 4 is 27.5 Å². The average Bonchev–Trinajstić information content (AvgIpc) is 2.63. The number of halogens is 5. The maximum Gasteiger partial charge on any atom is 0.405 e. The van der Waals surface area contributed by atoms with Crippen LogP contribution in [0.25, 0.3) is 0 Å². The molecule has 1 aliphatic rings. The Morgan fingerprint density at radius 3 is 2.62 bits per heavy atom. The van der Waals surface area contributed by atoms with Crippen molar-refractivity contribution in [1.29, 1.82) is 0 Å². The largest absolute Gasteiger partial charge is 0.454 e. The van der Waals surface area contributed by atoms with Crippen molar-refractivity contribution in [2.45, 2.75) is 11.0 Å². The highest BCUT2D eigenvalue weighted by Crippen LogP contribution is 2.46. The Morgan fingerprint density at radius 2 is 2.00 bits per heavy atom. The fourth-order valence-electron chi connectivity index (χ4n) is 1.32. The minimum atomic E-state index is -4.38. The Labute approximate surface area is 102 Å². The predicted molar refractivity (Wildman–Crippen MR) is 55.3 cm³/mol. The van der Waals surface area contributed by atoms with Crippen LogP contribution in [0.15, 0.2) is 12.1 Å². The molecule has 0 spiro atoms. The van der Waals surface area contributed by atoms with Crippen LogP contribution < -0.4 is 9.47 Å². The highest BCUT2D eigenvalue weighted by atomic mass is 79.9. The molecule has 0 saturated heterocycles. The minimum Gasteiger partial charge on any atom is -0.454 e. The smallest absolute Gasteiger partial charge is 0.405 e. The van der Waals surface area contributed by atoms with Crippen molar-refractivity contribution in [3.05, 3.63) is 22.7 Å². The van der Waals surface area contributed by atoms with E-state index in [4.69, 9.17) is 21.1 Å². The van der Waals surface area contributed by atoms with Gasteiger partial charge in [-0.25, -0.2) is 0 Å². The van der Waals surface area contributed by atoms with E-state index in [9.17, 15) is 13.2 Å². The summed E-state index contributed by atoms with van der Waals surface area (Å²) in [6, 6.07) is 2.48. The van der Waals surface area contributed by atoms with E-state index < -0.39 is 11.0 Å². The third-order valence-electron chi connectivity index (χ3n) is 2.03. The van der Waals surface area contributed by atoms with Gasteiger partial charge in [-0.2, -0.15) is 13.2 Å². The Balaban J connectivity index is 2.41. The van der Waals surface area contributed by atoms with Gasteiger partial charge in [-0.1, -0.05) is 27.5 Å². The van der Waals surface area contributed by atoms with Gasteiger partial charge in [0, 0.05) is 0 Å². The second kappa shape index (κ2) is 4.00. The summed E-state index contributed by atoms with van der Waals surface area (Å²) in [6.07, 6.45) is -4.38. The molecule has 0 N–H and O–H groups in total. The average molecular weight is 317 g/mol. The van der Waals surface area contributed by atoms with Crippen LogP contribution in [0.2, 0.25) is 5.02 Å². The summed E-state index contributed by atoms with van der Waals surface area (Å²) in [4.78, 5) is -1.77. The second-order valence-corrected chi connectivity index (χ2v) is 4.46. The third-order valence-corrected chi connectivity index (χ3v) is 3.36. The maximum absolute atomic E-state index is 12.5. The summed E-state index contributed by atoms with van der Waals surface area (Å²) < 4.78 is 47.4. The number of benzene rings is 1. The van der Waals surface area contributed by atoms with Gasteiger partial charge in [-0.15, -0.1) is 0 Å². The Hall–Kier alpha value is -0.620. The molecule has 0 aromatic heterocycles. The highest BCUT2D eigenvalue weighted by Gasteiger charge is 2.39. The van der Waals surface area contributed by atoms with Crippen molar-refractivity contribution in [2.24, 2.45) is 0 Å². The Morgan fingerprint density at radius 1 is 1.31 bits per heavy atom. The minimum absolute atomic E-state index is 0.0123. The van der Waals surface area contributed by atoms with Crippen LogP contribution in [0.5, 0.6) is 11.5 Å². The standard InChI is InChI=1S/C9H5BrClF3O2/c10-8(9(12,13)14)4-1-5(11)7-6(2-4)15-3-16-7/h1-2,8H,3H2. The molecule has 0 bridgehead atoms. The van der Waals surface area contributed by atoms with Crippen molar-refractivity contribution in [3.8, 4) is 11.5 Å². The molecule has 1 aromatic carbocycles. The third kappa shape index (κ3) is 2.08. The van der Waals surface area contributed by atoms with Crippen molar-refractivity contribution in [3.63, 3.8) is 0 Å². The molecule has 2 rings (SSSR count). The van der Waals surface area contributed by atoms with Crippen molar-refractivity contribution in [2.75, 3.05) is 6.79 Å². The van der Waals surface area contributed by atoms with E-state index in [1.165, 1.54) is 12.1 Å². The fraction of sp³-hybridized carbons (Fsp3) is 0.333. The molecule has 1 atom stereocenters. The van der Waals surface area contributed by atoms with Crippen LogP contribution in [0.1, 0.15) is 10.4 Å². The van der Waals surface area contributed by atoms with E-state index in [1.807, 2.05) is 0 Å². The van der Waals surface area contributed by atoms with Crippen LogP contribution in [0.3, 0.4) is 0 Å². The first-order valence-corrected chi connectivity index (χ1v) is 5.49. The number of hydrogen-bond donors (Lipinski definition) is 0. The summed E-state index contributed by atoms with van der Waals surface area (Å²) in [6.45, 7) is -0.0303. The Bertz CT molecular complexity index is 422. The molecule has 1 aliphatic heterocycles. The van der Waals surface area contributed by atoms with E-state index in [0.29, 0.717) is 0 Å². The Kier molecular flexibility index (Phi) is 2.96. The molecular weight excluding hydrogens is 312 g/mol. The number of ether oxygens (including phenoxy) is 2. The molecule has 7 heteroatoms. The van der Waals surface area contributed by atoms with E-state index >= 15 is 0 Å². The number of rotatable bonds is 1. The van der Waals surface area contributed by atoms with Crippen LogP contribution in [0.4, 0.5) is 13.2 Å². The lowest BCUT2D eigenvalue weighted by atomic mass is 10.1. The summed E-state index contributed by atoms with van der Waals surface area (Å²) >= 11 is 8.34. The van der Waals surface area contributed by atoms with Gasteiger partial charge in [-0.05, 0) is 17.7 Å². The molecule has 1 heterocycles. The molecular formula is C9H5BrClF3O2. The van der Waals surface area contributed by atoms with Gasteiger partial charge in [0.15, 0.2) is 11.5 Å². The summed E-state index contributed by atoms with van der Waals surface area (Å²) in [5.74, 6) is 0.517. The predicted octanol–water partition coefficient (Wildman–Crippen LogP) is 4.07. The normalized spacial score (nSPS) is 16.3. The number of alkyl halides is 4. The molecule has 16 heavy (non-hydrogen) atoms. The van der Waals surface area contributed by atoms with Gasteiger partial charge in [0.25, 0.3) is 0 Å². The zero-order valence-electron chi connectivity index (χ0n) is 7.65. The summed E-state index contributed by atoms with van der Waals surface area (Å²) in [5.41, 5.74) is -0.0123. The number of hydrogen-bond acceptors (Lipinski definition) is 2. The molecule has 0 amide bonds. The summed E-state index contributed by atoms with van der Waals surface area (Å²) in [5, 5.41) is 0.110. The van der Waals surface area contributed by atoms with Gasteiger partial charge in [-0.3, -0.25) is 0 Å². The zero-order valence-corrected chi connectivity index (χ0v) is 9.99. The van der Waals surface area contributed by atoms with Crippen LogP contribution in [-0.2, 0) is 0 Å². The molecule has 0 radical (unpaired) electrons. The molecule has 2 nitrogen and oxygen atoms in total. The molecule has 1 aromatic rings. The van der Waals surface area contributed by atoms with E-state index in [0.717, 1.165) is 0 Å². The first-order chi connectivity index (χ1) is 7.39. The maximum atomic E-state index is 12.5. The van der Waals surface area contributed by atoms with E-state index in [2.05, 4.69) is 15.9 Å². The lowest BCUT2D eigenvalue weighted by molar-refractivity contribution is -0.128. The molecule has 0 fully saturated rings. The van der Waals surface area contributed by atoms with Gasteiger partial charge >= 0.3 is 6.18 Å². The first-order valence-electron chi connectivity index (χ1n) is 4.19. The number of fused-ring (bicyclic) bond motifs is 1. The monoisotopic (exact) mass is 316 g/mol. The summed E-state index contributed by atoms with van der Waals surface area (Å²) in [7, 11) is 0. The van der Waals surface area contributed by atoms with Crippen molar-refractivity contribution in [1.82, 2.24) is 0 Å². The van der Waals surface area contributed by atoms with Crippen LogP contribution in [-0.4, -0.2) is 13.0 Å². The van der Waals surface area contributed by atoms with E-state index in [1.54, 1.807) is 0 Å². The fourth-order valence-corrected chi connectivity index (χ4v) is 1.86. The molecule has 0 aliphatic carbocycles. The quantitative estimate of drug-likeness (QED) is 0.727. The van der Waals surface area contributed by atoms with E-state index in [-0.39, 0.29) is 28.9 Å². The first kappa shape index (κ1) is 11.9. The SMILES string of the molecule is FC(F)(F)C(Br)c1cc(Cl)c2c(c1)OCO2. The van der Waals surface area contributed by atoms with Crippen molar-refractivity contribution < 1.29 is 22.6 Å². The molecule has 0 saturated carbocycles. The van der Waals surface area contributed by atoms with Gasteiger partial charge < -0.3 is 9.47 Å². The molecule has 88 valence electrons. The van der Waals surface area contributed by atoms with Gasteiger partial charge in [0.05, 0.1) is 5.02 Å². The lowest BCUT2D eigenvalue weighted by Gasteiger charge is -2.15. The lowest BCUT2D eigenvalue weighted by Crippen LogP contribution is -2.15.